The molecule has 7 rings (SSSR count). The second kappa shape index (κ2) is 8.10. The number of allylic oxidation sites excluding steroid dienone is 2. The highest BCUT2D eigenvalue weighted by molar-refractivity contribution is 6.24. The molecule has 3 fully saturated rings. The van der Waals surface area contributed by atoms with Crippen molar-refractivity contribution >= 4 is 40.1 Å². The number of rotatable bonds is 2. The molecule has 0 radical (unpaired) electrons. The van der Waals surface area contributed by atoms with Crippen LogP contribution in [-0.4, -0.2) is 39.0 Å². The second-order valence-corrected chi connectivity index (χ2v) is 11.2. The molecule has 2 saturated heterocycles. The number of amides is 4. The van der Waals surface area contributed by atoms with Crippen LogP contribution in [0.1, 0.15) is 31.2 Å². The van der Waals surface area contributed by atoms with E-state index in [-0.39, 0.29) is 35.5 Å². The fraction of sp³-hybridized carbons (Fsp3) is 0.290. The predicted molar refractivity (Wildman–Crippen MR) is 140 cm³/mol. The number of para-hydroxylation sites is 1. The van der Waals surface area contributed by atoms with Crippen molar-refractivity contribution in [2.45, 2.75) is 25.7 Å². The maximum absolute atomic E-state index is 14.4. The SMILES string of the molecule is C[C@@]12C(=O)N(c3ccccc3)C(=O)[C@@H]1C[C@@H]1C(=CC[C@@H]3C(=O)N(O)C(=O)[C@@H]31)[C@@H]2c1c(O)ccc2ccccc12. The monoisotopic (exact) mass is 522 g/mol. The third kappa shape index (κ3) is 2.97. The first-order valence-electron chi connectivity index (χ1n) is 13.2. The molecule has 39 heavy (non-hydrogen) atoms. The van der Waals surface area contributed by atoms with Crippen molar-refractivity contribution in [2.75, 3.05) is 4.90 Å². The molecule has 0 spiro atoms. The Kier molecular flexibility index (Phi) is 4.94. The topological polar surface area (TPSA) is 115 Å². The van der Waals surface area contributed by atoms with Gasteiger partial charge >= 0.3 is 0 Å². The van der Waals surface area contributed by atoms with E-state index in [9.17, 15) is 29.5 Å². The number of phenols is 1. The molecule has 4 amide bonds. The summed E-state index contributed by atoms with van der Waals surface area (Å²) in [5.74, 6) is -5.68. The summed E-state index contributed by atoms with van der Waals surface area (Å²) >= 11 is 0. The van der Waals surface area contributed by atoms with Gasteiger partial charge < -0.3 is 5.11 Å². The number of anilines is 1. The molecule has 2 heterocycles. The van der Waals surface area contributed by atoms with Crippen LogP contribution < -0.4 is 4.90 Å². The Hall–Kier alpha value is -4.30. The molecule has 6 atom stereocenters. The van der Waals surface area contributed by atoms with Crippen molar-refractivity contribution in [1.82, 2.24) is 5.06 Å². The normalized spacial score (nSPS) is 31.8. The standard InChI is InChI=1S/C31H26N2O6/c1-31-22(28(36)32(30(31)38)17-8-3-2-4-9-17)15-21-19(12-13-20-24(21)29(37)33(39)27(20)35)26(31)25-18-10-6-5-7-16(18)11-14-23(25)34/h2-12,14,20-22,24,26,34,39H,13,15H2,1H3/t20-,21+,22-,24-,26+,31+/m0/s1. The van der Waals surface area contributed by atoms with Gasteiger partial charge in [0.2, 0.25) is 11.8 Å². The Bertz CT molecular complexity index is 1630. The Morgan fingerprint density at radius 3 is 2.33 bits per heavy atom. The predicted octanol–water partition coefficient (Wildman–Crippen LogP) is 4.17. The van der Waals surface area contributed by atoms with Gasteiger partial charge in [-0.2, -0.15) is 5.06 Å². The zero-order valence-corrected chi connectivity index (χ0v) is 21.2. The molecule has 2 aliphatic carbocycles. The van der Waals surface area contributed by atoms with E-state index in [1.165, 1.54) is 4.90 Å². The molecule has 2 aliphatic heterocycles. The van der Waals surface area contributed by atoms with Crippen LogP contribution in [-0.2, 0) is 19.2 Å². The van der Waals surface area contributed by atoms with Crippen LogP contribution in [0.25, 0.3) is 10.8 Å². The third-order valence-corrected chi connectivity index (χ3v) is 9.50. The van der Waals surface area contributed by atoms with E-state index in [0.29, 0.717) is 11.3 Å². The van der Waals surface area contributed by atoms with Crippen molar-refractivity contribution in [2.24, 2.45) is 29.1 Å². The zero-order chi connectivity index (χ0) is 27.2. The van der Waals surface area contributed by atoms with Crippen molar-refractivity contribution in [3.63, 3.8) is 0 Å². The smallest absolute Gasteiger partial charge is 0.257 e. The average Bonchev–Trinajstić information content (AvgIpc) is 3.29. The second-order valence-electron chi connectivity index (χ2n) is 11.2. The van der Waals surface area contributed by atoms with Crippen molar-refractivity contribution < 1.29 is 29.5 Å². The van der Waals surface area contributed by atoms with Gasteiger partial charge in [0.25, 0.3) is 11.8 Å². The van der Waals surface area contributed by atoms with Crippen LogP contribution in [0.4, 0.5) is 5.69 Å². The minimum Gasteiger partial charge on any atom is -0.508 e. The lowest BCUT2D eigenvalue weighted by molar-refractivity contribution is -0.173. The largest absolute Gasteiger partial charge is 0.508 e. The Morgan fingerprint density at radius 1 is 0.846 bits per heavy atom. The van der Waals surface area contributed by atoms with Gasteiger partial charge in [-0.3, -0.25) is 24.4 Å². The summed E-state index contributed by atoms with van der Waals surface area (Å²) in [5, 5.41) is 23.4. The highest BCUT2D eigenvalue weighted by Crippen LogP contribution is 2.65. The van der Waals surface area contributed by atoms with E-state index < -0.39 is 46.8 Å². The van der Waals surface area contributed by atoms with Crippen LogP contribution in [0.3, 0.4) is 0 Å². The van der Waals surface area contributed by atoms with Crippen molar-refractivity contribution in [3.8, 4) is 5.75 Å². The first-order valence-corrected chi connectivity index (χ1v) is 13.2. The Morgan fingerprint density at radius 2 is 1.56 bits per heavy atom. The summed E-state index contributed by atoms with van der Waals surface area (Å²) in [6.07, 6.45) is 2.31. The van der Waals surface area contributed by atoms with Gasteiger partial charge in [-0.05, 0) is 54.7 Å². The number of phenolic OH excluding ortho intramolecular Hbond substituents is 1. The maximum atomic E-state index is 14.4. The van der Waals surface area contributed by atoms with Crippen LogP contribution in [0.15, 0.2) is 78.4 Å². The average molecular weight is 523 g/mol. The molecule has 2 N–H and O–H groups in total. The maximum Gasteiger partial charge on any atom is 0.257 e. The number of carbonyl (C=O) groups is 4. The minimum absolute atomic E-state index is 0.00151. The molecule has 8 nitrogen and oxygen atoms in total. The summed E-state index contributed by atoms with van der Waals surface area (Å²) in [4.78, 5) is 55.6. The number of hydroxylamine groups is 2. The summed E-state index contributed by atoms with van der Waals surface area (Å²) in [6, 6.07) is 19.7. The number of carbonyl (C=O) groups excluding carboxylic acids is 4. The van der Waals surface area contributed by atoms with E-state index in [1.807, 2.05) is 36.4 Å². The van der Waals surface area contributed by atoms with E-state index in [1.54, 1.807) is 43.3 Å². The molecule has 3 aromatic carbocycles. The molecule has 4 aliphatic rings. The van der Waals surface area contributed by atoms with Gasteiger partial charge in [-0.1, -0.05) is 60.2 Å². The first kappa shape index (κ1) is 23.8. The molecule has 8 heteroatoms. The van der Waals surface area contributed by atoms with Gasteiger partial charge in [0.1, 0.15) is 5.75 Å². The number of hydrogen-bond donors (Lipinski definition) is 2. The van der Waals surface area contributed by atoms with Crippen molar-refractivity contribution in [3.05, 3.63) is 83.9 Å². The van der Waals surface area contributed by atoms with Gasteiger partial charge in [0, 0.05) is 11.5 Å². The number of hydrogen-bond acceptors (Lipinski definition) is 6. The van der Waals surface area contributed by atoms with Crippen LogP contribution in [0.5, 0.6) is 5.75 Å². The summed E-state index contributed by atoms with van der Waals surface area (Å²) < 4.78 is 0. The molecular weight excluding hydrogens is 496 g/mol. The van der Waals surface area contributed by atoms with E-state index in [0.717, 1.165) is 16.3 Å². The molecule has 3 aromatic rings. The summed E-state index contributed by atoms with van der Waals surface area (Å²) in [5.41, 5.74) is 0.499. The van der Waals surface area contributed by atoms with Crippen LogP contribution in [0.2, 0.25) is 0 Å². The summed E-state index contributed by atoms with van der Waals surface area (Å²) in [6.45, 7) is 1.79. The van der Waals surface area contributed by atoms with E-state index in [4.69, 9.17) is 0 Å². The van der Waals surface area contributed by atoms with Crippen LogP contribution in [0, 0.1) is 29.1 Å². The Labute approximate surface area is 224 Å². The lowest BCUT2D eigenvalue weighted by Gasteiger charge is -2.49. The van der Waals surface area contributed by atoms with Crippen LogP contribution >= 0.6 is 0 Å². The molecule has 196 valence electrons. The van der Waals surface area contributed by atoms with E-state index >= 15 is 0 Å². The number of fused-ring (bicyclic) bond motifs is 5. The van der Waals surface area contributed by atoms with Gasteiger partial charge in [0.05, 0.1) is 28.9 Å². The first-order chi connectivity index (χ1) is 18.7. The third-order valence-electron chi connectivity index (χ3n) is 9.50. The molecular formula is C31H26N2O6. The molecule has 0 bridgehead atoms. The van der Waals surface area contributed by atoms with Gasteiger partial charge in [-0.15, -0.1) is 0 Å². The van der Waals surface area contributed by atoms with Gasteiger partial charge in [-0.25, -0.2) is 4.90 Å². The highest BCUT2D eigenvalue weighted by atomic mass is 16.5. The summed E-state index contributed by atoms with van der Waals surface area (Å²) in [7, 11) is 0. The fourth-order valence-electron chi connectivity index (χ4n) is 7.72. The lowest BCUT2D eigenvalue weighted by Crippen LogP contribution is -2.48. The highest BCUT2D eigenvalue weighted by Gasteiger charge is 2.68. The van der Waals surface area contributed by atoms with Gasteiger partial charge in [0.15, 0.2) is 0 Å². The molecule has 1 saturated carbocycles. The zero-order valence-electron chi connectivity index (χ0n) is 21.2. The number of imide groups is 2. The number of aromatic hydroxyl groups is 1. The number of nitrogens with zero attached hydrogens (tertiary/aromatic N) is 2. The fourth-order valence-corrected chi connectivity index (χ4v) is 7.72. The van der Waals surface area contributed by atoms with E-state index in [2.05, 4.69) is 0 Å². The lowest BCUT2D eigenvalue weighted by atomic mass is 9.51. The number of benzene rings is 3. The molecule has 0 unspecified atom stereocenters. The van der Waals surface area contributed by atoms with Crippen molar-refractivity contribution in [1.29, 1.82) is 0 Å². The molecule has 0 aromatic heterocycles. The Balaban J connectivity index is 1.49. The quantitative estimate of drug-likeness (QED) is 0.297. The minimum atomic E-state index is -1.26.